The summed E-state index contributed by atoms with van der Waals surface area (Å²) in [5.74, 6) is 0.197. The van der Waals surface area contributed by atoms with Crippen LogP contribution in [0.4, 0.5) is 0 Å². The fraction of sp³-hybridized carbons (Fsp3) is 1.00. The van der Waals surface area contributed by atoms with Crippen molar-refractivity contribution in [1.29, 1.82) is 0 Å². The third-order valence-corrected chi connectivity index (χ3v) is 16.4. The van der Waals surface area contributed by atoms with Crippen LogP contribution >= 0.6 is 15.2 Å². The monoisotopic (exact) mass is 502 g/mol. The topological polar surface area (TPSA) is 80.3 Å². The molecular weight excluding hydrogens is 454 g/mol. The third-order valence-electron chi connectivity index (χ3n) is 5.89. The van der Waals surface area contributed by atoms with Gasteiger partial charge in [-0.2, -0.15) is 0 Å². The molecule has 1 atom stereocenters. The van der Waals surface area contributed by atoms with Gasteiger partial charge in [-0.25, -0.2) is 0 Å². The van der Waals surface area contributed by atoms with Gasteiger partial charge in [0.2, 0.25) is 0 Å². The second-order valence-corrected chi connectivity index (χ2v) is 19.2. The summed E-state index contributed by atoms with van der Waals surface area (Å²) in [5.41, 5.74) is 0. The molecule has 0 saturated heterocycles. The SMILES string of the molecule is CCOP(=O)(OCC)C(C[C@H](CO[Si](C)(C)C(C)(C)C)C(C)C)P(=O)(OCC)OCC. The van der Waals surface area contributed by atoms with Crippen molar-refractivity contribution in [2.24, 2.45) is 11.8 Å². The smallest absolute Gasteiger partial charge is 0.345 e. The largest absolute Gasteiger partial charge is 0.417 e. The highest BCUT2D eigenvalue weighted by molar-refractivity contribution is 7.72. The van der Waals surface area contributed by atoms with Crippen LogP contribution in [-0.2, 0) is 31.7 Å². The van der Waals surface area contributed by atoms with Crippen LogP contribution in [0.2, 0.25) is 18.1 Å². The van der Waals surface area contributed by atoms with Crippen LogP contribution in [0.5, 0.6) is 0 Å². The minimum atomic E-state index is -3.76. The van der Waals surface area contributed by atoms with Crippen molar-refractivity contribution < 1.29 is 31.7 Å². The Morgan fingerprint density at radius 3 is 1.39 bits per heavy atom. The Labute approximate surface area is 192 Å². The lowest BCUT2D eigenvalue weighted by Crippen LogP contribution is -2.42. The van der Waals surface area contributed by atoms with Gasteiger partial charge < -0.3 is 22.5 Å². The van der Waals surface area contributed by atoms with E-state index in [1.165, 1.54) is 0 Å². The first-order valence-corrected chi connectivity index (χ1v) is 17.7. The number of hydrogen-bond donors (Lipinski definition) is 0. The van der Waals surface area contributed by atoms with E-state index in [1.807, 2.05) is 0 Å². The van der Waals surface area contributed by atoms with Gasteiger partial charge in [0.05, 0.1) is 26.4 Å². The molecule has 0 aliphatic heterocycles. The van der Waals surface area contributed by atoms with Crippen LogP contribution in [0.15, 0.2) is 0 Å². The molecule has 0 aliphatic carbocycles. The molecule has 0 saturated carbocycles. The molecule has 0 aromatic rings. The molecule has 0 unspecified atom stereocenters. The first kappa shape index (κ1) is 31.5. The van der Waals surface area contributed by atoms with Gasteiger partial charge in [0.15, 0.2) is 13.7 Å². The van der Waals surface area contributed by atoms with Crippen LogP contribution in [0.1, 0.15) is 68.7 Å². The van der Waals surface area contributed by atoms with Gasteiger partial charge in [0.1, 0.15) is 0 Å². The molecule has 0 heterocycles. The molecule has 0 fully saturated rings. The molecule has 10 heteroatoms. The average molecular weight is 503 g/mol. The van der Waals surface area contributed by atoms with Crippen molar-refractivity contribution >= 4 is 23.5 Å². The van der Waals surface area contributed by atoms with E-state index >= 15 is 0 Å². The maximum Gasteiger partial charge on any atom is 0.345 e. The summed E-state index contributed by atoms with van der Waals surface area (Å²) in [6.45, 7) is 23.4. The molecule has 0 amide bonds. The van der Waals surface area contributed by atoms with Crippen LogP contribution in [0.25, 0.3) is 0 Å². The van der Waals surface area contributed by atoms with Crippen molar-refractivity contribution in [2.45, 2.75) is 92.3 Å². The third kappa shape index (κ3) is 9.33. The summed E-state index contributed by atoms with van der Waals surface area (Å²) in [6.07, 6.45) is 0.306. The lowest BCUT2D eigenvalue weighted by Gasteiger charge is -2.39. The van der Waals surface area contributed by atoms with E-state index in [9.17, 15) is 9.13 Å². The summed E-state index contributed by atoms with van der Waals surface area (Å²) in [6, 6.07) is 0. The first-order chi connectivity index (χ1) is 14.1. The molecule has 0 aromatic heterocycles. The van der Waals surface area contributed by atoms with Gasteiger partial charge in [-0.3, -0.25) is 9.13 Å². The van der Waals surface area contributed by atoms with Gasteiger partial charge in [0.25, 0.3) is 0 Å². The molecule has 0 N–H and O–H groups in total. The van der Waals surface area contributed by atoms with Gasteiger partial charge >= 0.3 is 15.2 Å². The molecule has 0 aliphatic rings. The Hall–Kier alpha value is 0.477. The molecule has 0 spiro atoms. The molecular formula is C21H48O7P2Si. The molecule has 0 rings (SSSR count). The molecule has 31 heavy (non-hydrogen) atoms. The molecule has 0 radical (unpaired) electrons. The van der Waals surface area contributed by atoms with Crippen molar-refractivity contribution in [3.63, 3.8) is 0 Å². The van der Waals surface area contributed by atoms with Crippen molar-refractivity contribution in [1.82, 2.24) is 0 Å². The first-order valence-electron chi connectivity index (χ1n) is 11.6. The van der Waals surface area contributed by atoms with Crippen molar-refractivity contribution in [3.8, 4) is 0 Å². The Morgan fingerprint density at radius 2 is 1.13 bits per heavy atom. The fourth-order valence-electron chi connectivity index (χ4n) is 2.91. The van der Waals surface area contributed by atoms with Crippen LogP contribution in [0.3, 0.4) is 0 Å². The van der Waals surface area contributed by atoms with E-state index in [2.05, 4.69) is 47.7 Å². The normalized spacial score (nSPS) is 15.1. The number of rotatable bonds is 16. The molecule has 7 nitrogen and oxygen atoms in total. The molecule has 188 valence electrons. The van der Waals surface area contributed by atoms with E-state index in [4.69, 9.17) is 22.5 Å². The van der Waals surface area contributed by atoms with Gasteiger partial charge in [-0.05, 0) is 64.1 Å². The standard InChI is InChI=1S/C21H48O7P2Si/c1-12-24-29(22,25-13-2)20(30(23,26-14-3)27-15-4)16-19(18(5)6)17-28-31(10,11)21(7,8)9/h18-20H,12-17H2,1-11H3/t19-/m1/s1. The summed E-state index contributed by atoms with van der Waals surface area (Å²) in [7, 11) is -9.50. The molecule has 0 aromatic carbocycles. The molecule has 0 bridgehead atoms. The van der Waals surface area contributed by atoms with Crippen LogP contribution < -0.4 is 0 Å². The highest BCUT2D eigenvalue weighted by Gasteiger charge is 2.52. The summed E-state index contributed by atoms with van der Waals surface area (Å²) in [5, 5.41) is -0.929. The predicted octanol–water partition coefficient (Wildman–Crippen LogP) is 7.53. The quantitative estimate of drug-likeness (QED) is 0.159. The summed E-state index contributed by atoms with van der Waals surface area (Å²) >= 11 is 0. The zero-order valence-electron chi connectivity index (χ0n) is 21.7. The van der Waals surface area contributed by atoms with E-state index in [-0.39, 0.29) is 43.3 Å². The highest BCUT2D eigenvalue weighted by Crippen LogP contribution is 2.72. The van der Waals surface area contributed by atoms with E-state index in [1.54, 1.807) is 27.7 Å². The van der Waals surface area contributed by atoms with Crippen LogP contribution in [0, 0.1) is 11.8 Å². The summed E-state index contributed by atoms with van der Waals surface area (Å²) < 4.78 is 56.6. The predicted molar refractivity (Wildman–Crippen MR) is 132 cm³/mol. The van der Waals surface area contributed by atoms with E-state index in [0.717, 1.165) is 0 Å². The zero-order chi connectivity index (χ0) is 24.5. The second-order valence-electron chi connectivity index (χ2n) is 9.54. The second kappa shape index (κ2) is 13.4. The lowest BCUT2D eigenvalue weighted by atomic mass is 9.94. The maximum absolute atomic E-state index is 13.8. The minimum Gasteiger partial charge on any atom is -0.417 e. The minimum absolute atomic E-state index is 0.0115. The highest BCUT2D eigenvalue weighted by atomic mass is 31.2. The Bertz CT molecular complexity index is 555. The fourth-order valence-corrected chi connectivity index (χ4v) is 9.49. The van der Waals surface area contributed by atoms with Crippen molar-refractivity contribution in [3.05, 3.63) is 0 Å². The van der Waals surface area contributed by atoms with E-state index < -0.39 is 28.9 Å². The average Bonchev–Trinajstić information content (AvgIpc) is 2.60. The van der Waals surface area contributed by atoms with Crippen LogP contribution in [-0.4, -0.2) is 46.8 Å². The van der Waals surface area contributed by atoms with Crippen molar-refractivity contribution in [2.75, 3.05) is 33.0 Å². The Balaban J connectivity index is 6.13. The summed E-state index contributed by atoms with van der Waals surface area (Å²) in [4.78, 5) is 0. The van der Waals surface area contributed by atoms with Gasteiger partial charge in [-0.1, -0.05) is 34.6 Å². The lowest BCUT2D eigenvalue weighted by molar-refractivity contribution is 0.164. The van der Waals surface area contributed by atoms with Gasteiger partial charge in [0, 0.05) is 6.61 Å². The maximum atomic E-state index is 13.8. The number of hydrogen-bond acceptors (Lipinski definition) is 7. The zero-order valence-corrected chi connectivity index (χ0v) is 24.5. The Kier molecular flexibility index (Phi) is 13.6. The van der Waals surface area contributed by atoms with Gasteiger partial charge in [-0.15, -0.1) is 0 Å². The van der Waals surface area contributed by atoms with E-state index in [0.29, 0.717) is 13.0 Å². The Morgan fingerprint density at radius 1 is 0.774 bits per heavy atom.